The molecule has 140 valence electrons. The summed E-state index contributed by atoms with van der Waals surface area (Å²) in [6.07, 6.45) is 1.49. The van der Waals surface area contributed by atoms with Crippen molar-refractivity contribution < 1.29 is 14.6 Å². The molecule has 2 heterocycles. The molecular weight excluding hydrogens is 410 g/mol. The van der Waals surface area contributed by atoms with E-state index in [0.29, 0.717) is 36.0 Å². The number of nitriles is 1. The van der Waals surface area contributed by atoms with Crippen LogP contribution in [0.25, 0.3) is 0 Å². The summed E-state index contributed by atoms with van der Waals surface area (Å²) in [6, 6.07) is 13.7. The van der Waals surface area contributed by atoms with Gasteiger partial charge in [-0.25, -0.2) is 4.98 Å². The highest BCUT2D eigenvalue weighted by atomic mass is 79.9. The Labute approximate surface area is 166 Å². The van der Waals surface area contributed by atoms with Crippen molar-refractivity contribution in [2.45, 2.75) is 24.5 Å². The molecule has 1 N–H and O–H groups in total. The predicted octanol–water partition coefficient (Wildman–Crippen LogP) is 3.18. The van der Waals surface area contributed by atoms with Crippen LogP contribution in [-0.4, -0.2) is 41.1 Å². The lowest BCUT2D eigenvalue weighted by molar-refractivity contribution is -0.0775. The van der Waals surface area contributed by atoms with Crippen molar-refractivity contribution >= 4 is 21.8 Å². The second kappa shape index (κ2) is 8.17. The molecule has 1 aromatic carbocycles. The first-order valence-corrected chi connectivity index (χ1v) is 9.42. The van der Waals surface area contributed by atoms with Crippen LogP contribution in [0.15, 0.2) is 47.1 Å². The second-order valence-electron chi connectivity index (χ2n) is 6.53. The van der Waals surface area contributed by atoms with Crippen LogP contribution in [0.2, 0.25) is 0 Å². The number of nitrogens with zero attached hydrogens (tertiary/aromatic N) is 3. The normalized spacial score (nSPS) is 17.2. The highest BCUT2D eigenvalue weighted by molar-refractivity contribution is 9.10. The molecule has 0 bridgehead atoms. The van der Waals surface area contributed by atoms with Gasteiger partial charge in [-0.2, -0.15) is 5.26 Å². The van der Waals surface area contributed by atoms with E-state index in [1.807, 2.05) is 30.3 Å². The second-order valence-corrected chi connectivity index (χ2v) is 7.39. The summed E-state index contributed by atoms with van der Waals surface area (Å²) in [5.41, 5.74) is 1.12. The molecule has 1 amide bonds. The zero-order valence-corrected chi connectivity index (χ0v) is 16.5. The van der Waals surface area contributed by atoms with Gasteiger partial charge in [-0.15, -0.1) is 0 Å². The molecule has 1 aliphatic rings. The molecule has 0 spiro atoms. The Balaban J connectivity index is 1.77. The molecule has 1 unspecified atom stereocenters. The number of aromatic nitrogens is 1. The Bertz CT molecular complexity index is 859. The molecule has 1 aromatic heterocycles. The third-order valence-electron chi connectivity index (χ3n) is 5.04. The number of likely N-dealkylation sites (tertiary alicyclic amines) is 1. The number of piperidine rings is 1. The Morgan fingerprint density at radius 2 is 2.04 bits per heavy atom. The summed E-state index contributed by atoms with van der Waals surface area (Å²) in [5, 5.41) is 19.7. The van der Waals surface area contributed by atoms with Crippen LogP contribution >= 0.6 is 15.9 Å². The van der Waals surface area contributed by atoms with E-state index in [0.717, 1.165) is 5.56 Å². The number of aliphatic hydroxyl groups excluding tert-OH is 1. The SMILES string of the molecule is COC(O)c1cc(C(=O)N2CCC(C#N)(c3ccccc3)CC2)ncc1Br. The van der Waals surface area contributed by atoms with E-state index < -0.39 is 11.7 Å². The average Bonchev–Trinajstić information content (AvgIpc) is 2.73. The quantitative estimate of drug-likeness (QED) is 0.754. The Kier molecular flexibility index (Phi) is 5.90. The van der Waals surface area contributed by atoms with E-state index in [-0.39, 0.29) is 11.6 Å². The maximum Gasteiger partial charge on any atom is 0.272 e. The Morgan fingerprint density at radius 3 is 2.63 bits per heavy atom. The number of hydrogen-bond donors (Lipinski definition) is 1. The fourth-order valence-electron chi connectivity index (χ4n) is 3.36. The average molecular weight is 430 g/mol. The molecular formula is C20H20BrN3O3. The summed E-state index contributed by atoms with van der Waals surface area (Å²) in [6.45, 7) is 0.947. The number of rotatable bonds is 4. The van der Waals surface area contributed by atoms with Crippen molar-refractivity contribution in [3.8, 4) is 6.07 Å². The van der Waals surface area contributed by atoms with Crippen LogP contribution in [0.3, 0.4) is 0 Å². The molecule has 1 aliphatic heterocycles. The molecule has 27 heavy (non-hydrogen) atoms. The molecule has 2 aromatic rings. The fraction of sp³-hybridized carbons (Fsp3) is 0.350. The standard InChI is InChI=1S/C20H20BrN3O3/c1-27-19(26)15-11-17(23-12-16(15)21)18(25)24-9-7-20(13-22,8-10-24)14-5-3-2-4-6-14/h2-6,11-12,19,26H,7-10H2,1H3. The largest absolute Gasteiger partial charge is 0.364 e. The number of carbonyl (C=O) groups is 1. The van der Waals surface area contributed by atoms with E-state index in [2.05, 4.69) is 27.0 Å². The third-order valence-corrected chi connectivity index (χ3v) is 5.70. The zero-order chi connectivity index (χ0) is 19.4. The lowest BCUT2D eigenvalue weighted by atomic mass is 9.74. The number of methoxy groups -OCH3 is 1. The van der Waals surface area contributed by atoms with Crippen LogP contribution in [0.5, 0.6) is 0 Å². The smallest absolute Gasteiger partial charge is 0.272 e. The number of halogens is 1. The zero-order valence-electron chi connectivity index (χ0n) is 14.9. The van der Waals surface area contributed by atoms with Gasteiger partial charge in [-0.05, 0) is 40.4 Å². The Morgan fingerprint density at radius 1 is 1.37 bits per heavy atom. The molecule has 6 nitrogen and oxygen atoms in total. The summed E-state index contributed by atoms with van der Waals surface area (Å²) in [7, 11) is 1.38. The maximum atomic E-state index is 12.9. The van der Waals surface area contributed by atoms with Crippen LogP contribution in [-0.2, 0) is 10.2 Å². The number of ether oxygens (including phenoxy) is 1. The van der Waals surface area contributed by atoms with Crippen molar-refractivity contribution in [2.24, 2.45) is 0 Å². The fourth-order valence-corrected chi connectivity index (χ4v) is 3.78. The number of pyridine rings is 1. The summed E-state index contributed by atoms with van der Waals surface area (Å²) < 4.78 is 5.49. The summed E-state index contributed by atoms with van der Waals surface area (Å²) in [4.78, 5) is 18.7. The first kappa shape index (κ1) is 19.5. The van der Waals surface area contributed by atoms with Crippen molar-refractivity contribution in [3.63, 3.8) is 0 Å². The summed E-state index contributed by atoms with van der Waals surface area (Å²) in [5.74, 6) is -0.216. The van der Waals surface area contributed by atoms with Crippen molar-refractivity contribution in [3.05, 3.63) is 63.9 Å². The van der Waals surface area contributed by atoms with Crippen molar-refractivity contribution in [1.82, 2.24) is 9.88 Å². The first-order valence-electron chi connectivity index (χ1n) is 8.63. The van der Waals surface area contributed by atoms with Gasteiger partial charge in [-0.1, -0.05) is 30.3 Å². The van der Waals surface area contributed by atoms with Crippen LogP contribution in [0.1, 0.15) is 40.7 Å². The van der Waals surface area contributed by atoms with Gasteiger partial charge in [0.2, 0.25) is 0 Å². The minimum Gasteiger partial charge on any atom is -0.364 e. The van der Waals surface area contributed by atoms with Crippen LogP contribution in [0.4, 0.5) is 0 Å². The highest BCUT2D eigenvalue weighted by Crippen LogP contribution is 2.35. The van der Waals surface area contributed by atoms with E-state index in [1.54, 1.807) is 4.90 Å². The predicted molar refractivity (Wildman–Crippen MR) is 103 cm³/mol. The van der Waals surface area contributed by atoms with E-state index >= 15 is 0 Å². The molecule has 7 heteroatoms. The number of carbonyl (C=O) groups excluding carboxylic acids is 1. The van der Waals surface area contributed by atoms with Gasteiger partial charge in [0.1, 0.15) is 5.69 Å². The van der Waals surface area contributed by atoms with Gasteiger partial charge >= 0.3 is 0 Å². The van der Waals surface area contributed by atoms with Crippen LogP contribution in [0, 0.1) is 11.3 Å². The van der Waals surface area contributed by atoms with E-state index in [9.17, 15) is 15.2 Å². The molecule has 1 saturated heterocycles. The minimum atomic E-state index is -1.14. The molecule has 1 atom stereocenters. The summed E-state index contributed by atoms with van der Waals surface area (Å²) >= 11 is 3.30. The van der Waals surface area contributed by atoms with Gasteiger partial charge in [0.15, 0.2) is 6.29 Å². The van der Waals surface area contributed by atoms with Gasteiger partial charge in [0, 0.05) is 36.4 Å². The molecule has 0 aliphatic carbocycles. The van der Waals surface area contributed by atoms with E-state index in [4.69, 9.17) is 4.74 Å². The number of benzene rings is 1. The monoisotopic (exact) mass is 429 g/mol. The Hall–Kier alpha value is -2.27. The molecule has 1 fully saturated rings. The van der Waals surface area contributed by atoms with Crippen molar-refractivity contribution in [1.29, 1.82) is 5.26 Å². The molecule has 0 radical (unpaired) electrons. The lowest BCUT2D eigenvalue weighted by Gasteiger charge is -2.37. The van der Waals surface area contributed by atoms with Crippen molar-refractivity contribution in [2.75, 3.05) is 20.2 Å². The first-order chi connectivity index (χ1) is 13.0. The van der Waals surface area contributed by atoms with Gasteiger partial charge in [0.25, 0.3) is 5.91 Å². The van der Waals surface area contributed by atoms with E-state index in [1.165, 1.54) is 19.4 Å². The number of aliphatic hydroxyl groups is 1. The molecule has 0 saturated carbocycles. The van der Waals surface area contributed by atoms with Gasteiger partial charge in [0.05, 0.1) is 11.5 Å². The number of amides is 1. The lowest BCUT2D eigenvalue weighted by Crippen LogP contribution is -2.44. The topological polar surface area (TPSA) is 86.5 Å². The van der Waals surface area contributed by atoms with Gasteiger partial charge < -0.3 is 14.7 Å². The maximum absolute atomic E-state index is 12.9. The highest BCUT2D eigenvalue weighted by Gasteiger charge is 2.38. The van der Waals surface area contributed by atoms with Crippen LogP contribution < -0.4 is 0 Å². The minimum absolute atomic E-state index is 0.216. The van der Waals surface area contributed by atoms with Gasteiger partial charge in [-0.3, -0.25) is 4.79 Å². The molecule has 3 rings (SSSR count). The number of hydrogen-bond acceptors (Lipinski definition) is 5. The third kappa shape index (κ3) is 3.88.